The molecule has 0 amide bonds. The standard InChI is InChI=1S/C72H66N4OSi/c1-70(2,3)52-42-43-73-68(46-52)76-64-37-20-19-34-60(64)61-40-39-55(48-66(61)76)77-54-26-22-25-53(47-54)74-49-75(69-62(71(4,5)6)35-23-36-63(69)72(7,8)9)65-41-38-51(45-67(65)74)50-24-21-33-59(44-50)78(56-27-13-10-14-28-56,57-29-15-11-16-30-57)58-31-17-12-18-32-58/h10-48H,1-9H3/i10D,11D,12D,13D,14D,15D,16D,17D,18D,21D,24D,27D,28D,29D,30D,31D,32D,33D,44D. The topological polar surface area (TPSA) is 35.9 Å². The summed E-state index contributed by atoms with van der Waals surface area (Å²) in [6.45, 7) is 19.1. The van der Waals surface area contributed by atoms with Crippen molar-refractivity contribution in [3.8, 4) is 39.8 Å². The van der Waals surface area contributed by atoms with Gasteiger partial charge in [-0.2, -0.15) is 0 Å². The van der Waals surface area contributed by atoms with Gasteiger partial charge in [0.15, 0.2) is 8.07 Å². The van der Waals surface area contributed by atoms with Crippen molar-refractivity contribution in [3.63, 3.8) is 0 Å². The molecule has 3 aromatic heterocycles. The summed E-state index contributed by atoms with van der Waals surface area (Å²) in [5, 5.41) is -1.64. The summed E-state index contributed by atoms with van der Waals surface area (Å²) in [5.74, 6) is 1.67. The van der Waals surface area contributed by atoms with E-state index in [0.717, 1.165) is 50.0 Å². The Bertz CT molecular complexity index is 5070. The summed E-state index contributed by atoms with van der Waals surface area (Å²) in [7, 11) is -6.14. The molecule has 0 spiro atoms. The molecule has 0 fully saturated rings. The first kappa shape index (κ1) is 32.9. The summed E-state index contributed by atoms with van der Waals surface area (Å²) in [5.41, 5.74) is 5.62. The number of aromatic nitrogens is 4. The van der Waals surface area contributed by atoms with Crippen LogP contribution in [-0.4, -0.2) is 22.2 Å². The number of fused-ring (bicyclic) bond motifs is 4. The van der Waals surface area contributed by atoms with Crippen LogP contribution in [0.15, 0.2) is 236 Å². The van der Waals surface area contributed by atoms with Crippen molar-refractivity contribution in [2.24, 2.45) is 0 Å². The third-order valence-corrected chi connectivity index (χ3v) is 18.2. The van der Waals surface area contributed by atoms with Gasteiger partial charge in [0.2, 0.25) is 0 Å². The highest BCUT2D eigenvalue weighted by atomic mass is 28.3. The molecule has 9 aromatic carbocycles. The zero-order valence-corrected chi connectivity index (χ0v) is 45.7. The highest BCUT2D eigenvalue weighted by molar-refractivity contribution is 7.19. The fraction of sp³-hybridized carbons (Fsp3) is 0.167. The van der Waals surface area contributed by atoms with E-state index in [1.54, 1.807) is 22.8 Å². The van der Waals surface area contributed by atoms with E-state index in [2.05, 4.69) is 104 Å². The quantitative estimate of drug-likeness (QED) is 0.0592. The van der Waals surface area contributed by atoms with E-state index in [9.17, 15) is 13.7 Å². The number of benzene rings is 9. The van der Waals surface area contributed by atoms with Crippen LogP contribution in [0.2, 0.25) is 0 Å². The van der Waals surface area contributed by atoms with Crippen molar-refractivity contribution in [3.05, 3.63) is 259 Å². The molecular formula is C72H66N4OSi. The molecule has 0 saturated carbocycles. The van der Waals surface area contributed by atoms with Gasteiger partial charge in [0.05, 0.1) is 59.5 Å². The first-order valence-electron chi connectivity index (χ1n) is 35.2. The van der Waals surface area contributed by atoms with Crippen LogP contribution in [0.25, 0.3) is 61.2 Å². The Labute approximate surface area is 487 Å². The summed E-state index contributed by atoms with van der Waals surface area (Å²) in [4.78, 5) is 4.86. The largest absolute Gasteiger partial charge is 0.458 e. The lowest BCUT2D eigenvalue weighted by atomic mass is 9.78. The number of rotatable bonds is 10. The van der Waals surface area contributed by atoms with Crippen molar-refractivity contribution in [1.82, 2.24) is 14.1 Å². The van der Waals surface area contributed by atoms with Crippen LogP contribution >= 0.6 is 0 Å². The predicted molar refractivity (Wildman–Crippen MR) is 327 cm³/mol. The van der Waals surface area contributed by atoms with Crippen molar-refractivity contribution in [2.45, 2.75) is 78.6 Å². The first-order chi connectivity index (χ1) is 45.5. The van der Waals surface area contributed by atoms with Gasteiger partial charge in [0, 0.05) is 23.0 Å². The average Bonchev–Trinajstić information content (AvgIpc) is 1.36. The SMILES string of the molecule is [2H]c1c([2H])c([2H])c([Si](c2c([2H])c([2H])c([2H])c([2H])c2[2H])(c2c([2H])c([2H])c([2H])c([2H])c2[2H])c2c([2H])c([2H])c([2H])c(-c3ccc4c(c3)n(-c3cccc(Oc5ccc6c7ccccc7n(-c7cc(C(C)(C)C)ccn7)c6c5)c3)[c-][n+]4-c3c(C(C)(C)C)cccc3C(C)(C)C)c2[2H])c([2H])c1[2H]. The van der Waals surface area contributed by atoms with Gasteiger partial charge in [-0.15, -0.1) is 0 Å². The zero-order valence-electron chi connectivity index (χ0n) is 63.7. The van der Waals surface area contributed by atoms with Crippen LogP contribution in [0.5, 0.6) is 11.5 Å². The minimum absolute atomic E-state index is 0.0157. The molecule has 6 heteroatoms. The normalized spacial score (nSPS) is 15.8. The second-order valence-electron chi connectivity index (χ2n) is 22.5. The summed E-state index contributed by atoms with van der Waals surface area (Å²) >= 11 is 0. The molecule has 0 unspecified atom stereocenters. The van der Waals surface area contributed by atoms with E-state index in [4.69, 9.17) is 22.1 Å². The first-order valence-corrected chi connectivity index (χ1v) is 27.7. The second kappa shape index (κ2) is 19.5. The van der Waals surface area contributed by atoms with Gasteiger partial charge in [0.25, 0.3) is 6.33 Å². The Morgan fingerprint density at radius 3 is 1.74 bits per heavy atom. The van der Waals surface area contributed by atoms with E-state index in [-0.39, 0.29) is 11.0 Å². The summed E-state index contributed by atoms with van der Waals surface area (Å²) < 4.78 is 191. The van der Waals surface area contributed by atoms with Gasteiger partial charge in [-0.3, -0.25) is 13.7 Å². The maximum atomic E-state index is 10.6. The van der Waals surface area contributed by atoms with Gasteiger partial charge >= 0.3 is 0 Å². The molecule has 12 aromatic rings. The third-order valence-electron chi connectivity index (χ3n) is 14.2. The monoisotopic (exact) mass is 1050 g/mol. The molecule has 0 bridgehead atoms. The van der Waals surface area contributed by atoms with Crippen LogP contribution in [0.4, 0.5) is 0 Å². The molecule has 0 radical (unpaired) electrons. The van der Waals surface area contributed by atoms with E-state index < -0.39 is 160 Å². The minimum atomic E-state index is -6.14. The lowest BCUT2D eigenvalue weighted by molar-refractivity contribution is -0.574. The molecule has 5 nitrogen and oxygen atoms in total. The van der Waals surface area contributed by atoms with Crippen LogP contribution in [0, 0.1) is 6.33 Å². The van der Waals surface area contributed by atoms with Gasteiger partial charge in [-0.1, -0.05) is 232 Å². The van der Waals surface area contributed by atoms with Crippen LogP contribution in [0.3, 0.4) is 0 Å². The molecule has 384 valence electrons. The highest BCUT2D eigenvalue weighted by Crippen LogP contribution is 2.39. The van der Waals surface area contributed by atoms with E-state index >= 15 is 0 Å². The molecule has 0 aliphatic heterocycles. The highest BCUT2D eigenvalue weighted by Gasteiger charge is 2.41. The molecule has 0 aliphatic rings. The molecule has 3 heterocycles. The lowest BCUT2D eigenvalue weighted by Gasteiger charge is -2.34. The number of para-hydroxylation sites is 2. The van der Waals surface area contributed by atoms with Crippen molar-refractivity contribution >= 4 is 61.7 Å². The number of pyridine rings is 1. The Morgan fingerprint density at radius 2 is 1.10 bits per heavy atom. The van der Waals surface area contributed by atoms with Crippen LogP contribution in [0.1, 0.15) is 105 Å². The van der Waals surface area contributed by atoms with Crippen molar-refractivity contribution in [2.75, 3.05) is 0 Å². The zero-order chi connectivity index (χ0) is 70.5. The van der Waals surface area contributed by atoms with Gasteiger partial charge in [-0.25, -0.2) is 4.98 Å². The Hall–Kier alpha value is -8.58. The smallest absolute Gasteiger partial charge is 0.269 e. The van der Waals surface area contributed by atoms with Crippen molar-refractivity contribution < 1.29 is 35.3 Å². The van der Waals surface area contributed by atoms with Gasteiger partial charge in [0.1, 0.15) is 17.3 Å². The van der Waals surface area contributed by atoms with E-state index in [1.165, 1.54) is 0 Å². The van der Waals surface area contributed by atoms with Crippen LogP contribution < -0.4 is 30.1 Å². The molecule has 12 rings (SSSR count). The second-order valence-corrected chi connectivity index (χ2v) is 26.0. The minimum Gasteiger partial charge on any atom is -0.458 e. The van der Waals surface area contributed by atoms with E-state index in [1.807, 2.05) is 77.5 Å². The molecule has 0 aliphatic carbocycles. The lowest BCUT2D eigenvalue weighted by Crippen LogP contribution is -2.74. The molecule has 0 saturated heterocycles. The molecule has 78 heavy (non-hydrogen) atoms. The van der Waals surface area contributed by atoms with E-state index in [0.29, 0.717) is 28.2 Å². The predicted octanol–water partition coefficient (Wildman–Crippen LogP) is 14.9. The third kappa shape index (κ3) is 8.94. The molecule has 0 atom stereocenters. The fourth-order valence-electron chi connectivity index (χ4n) is 10.4. The van der Waals surface area contributed by atoms with Gasteiger partial charge in [-0.05, 0) is 119 Å². The van der Waals surface area contributed by atoms with Crippen LogP contribution in [-0.2, 0) is 16.2 Å². The maximum absolute atomic E-state index is 10.6. The molecule has 0 N–H and O–H groups in total. The summed E-state index contributed by atoms with van der Waals surface area (Å²) in [6, 6.07) is 17.1. The number of hydrogen-bond donors (Lipinski definition) is 0. The number of hydrogen-bond acceptors (Lipinski definition) is 2. The fourth-order valence-corrected chi connectivity index (χ4v) is 14.0. The Balaban J connectivity index is 1.17. The average molecular weight is 1050 g/mol. The number of nitrogens with zero attached hydrogens (tertiary/aromatic N) is 4. The number of imidazole rings is 1. The molecular weight excluding hydrogens is 965 g/mol. The number of ether oxygens (including phenoxy) is 1. The Kier molecular flexibility index (Phi) is 8.20. The van der Waals surface area contributed by atoms with Gasteiger partial charge < -0.3 is 4.74 Å². The Morgan fingerprint density at radius 1 is 0.500 bits per heavy atom. The maximum Gasteiger partial charge on any atom is 0.269 e. The summed E-state index contributed by atoms with van der Waals surface area (Å²) in [6.07, 6.45) is 5.49. The van der Waals surface area contributed by atoms with Crippen molar-refractivity contribution in [1.29, 1.82) is 0 Å².